The fraction of sp³-hybridized carbons (Fsp3) is 0.471. The first-order valence-electron chi connectivity index (χ1n) is 8.07. The van der Waals surface area contributed by atoms with Crippen LogP contribution in [0.1, 0.15) is 12.8 Å². The van der Waals surface area contributed by atoms with Crippen LogP contribution in [-0.2, 0) is 0 Å². The van der Waals surface area contributed by atoms with Crippen molar-refractivity contribution in [3.05, 3.63) is 36.2 Å². The third-order valence-corrected chi connectivity index (χ3v) is 4.39. The summed E-state index contributed by atoms with van der Waals surface area (Å²) in [6.07, 6.45) is 5.81. The van der Waals surface area contributed by atoms with Gasteiger partial charge in [0.05, 0.1) is 11.4 Å². The summed E-state index contributed by atoms with van der Waals surface area (Å²) in [6, 6.07) is 4.43. The number of benzene rings is 1. The van der Waals surface area contributed by atoms with E-state index in [0.29, 0.717) is 5.69 Å². The van der Waals surface area contributed by atoms with Crippen LogP contribution in [0.4, 0.5) is 20.6 Å². The van der Waals surface area contributed by atoms with Gasteiger partial charge in [-0.05, 0) is 38.1 Å². The first kappa shape index (κ1) is 15.8. The van der Waals surface area contributed by atoms with Crippen molar-refractivity contribution >= 4 is 17.4 Å². The molecule has 0 spiro atoms. The summed E-state index contributed by atoms with van der Waals surface area (Å²) in [6.45, 7) is 3.64. The zero-order chi connectivity index (χ0) is 16.2. The molecule has 0 radical (unpaired) electrons. The minimum absolute atomic E-state index is 0.135. The highest BCUT2D eigenvalue weighted by Gasteiger charge is 2.19. The largest absolute Gasteiger partial charge is 0.367 e. The molecule has 5 nitrogen and oxygen atoms in total. The third kappa shape index (κ3) is 4.01. The molecule has 1 aromatic rings. The topological polar surface area (TPSA) is 47.6 Å². The fourth-order valence-electron chi connectivity index (χ4n) is 3.01. The third-order valence-electron chi connectivity index (χ3n) is 4.39. The number of hydrogen-bond acceptors (Lipinski definition) is 3. The molecule has 1 aliphatic heterocycles. The summed E-state index contributed by atoms with van der Waals surface area (Å²) in [5.41, 5.74) is 1.40. The van der Waals surface area contributed by atoms with E-state index in [1.807, 2.05) is 0 Å². The van der Waals surface area contributed by atoms with E-state index >= 15 is 0 Å². The molecule has 3 rings (SSSR count). The van der Waals surface area contributed by atoms with Crippen LogP contribution < -0.4 is 15.5 Å². The molecule has 1 saturated heterocycles. The maximum Gasteiger partial charge on any atom is 0.319 e. The first-order valence-corrected chi connectivity index (χ1v) is 8.07. The monoisotopic (exact) mass is 318 g/mol. The molecule has 1 fully saturated rings. The van der Waals surface area contributed by atoms with Gasteiger partial charge in [-0.1, -0.05) is 12.2 Å². The van der Waals surface area contributed by atoms with Crippen LogP contribution >= 0.6 is 0 Å². The number of nitrogens with zero attached hydrogens (tertiary/aromatic N) is 2. The molecule has 0 bridgehead atoms. The Kier molecular flexibility index (Phi) is 4.81. The Labute approximate surface area is 136 Å². The van der Waals surface area contributed by atoms with Crippen molar-refractivity contribution in [3.8, 4) is 0 Å². The van der Waals surface area contributed by atoms with E-state index in [1.54, 1.807) is 6.07 Å². The lowest BCUT2D eigenvalue weighted by atomic mass is 10.2. The normalized spacial score (nSPS) is 19.1. The van der Waals surface area contributed by atoms with Crippen molar-refractivity contribution in [2.24, 2.45) is 0 Å². The van der Waals surface area contributed by atoms with E-state index < -0.39 is 0 Å². The van der Waals surface area contributed by atoms with E-state index in [2.05, 4.69) is 39.6 Å². The predicted octanol–water partition coefficient (Wildman–Crippen LogP) is 2.42. The molecule has 0 atom stereocenters. The molecule has 2 aliphatic rings. The van der Waals surface area contributed by atoms with Crippen molar-refractivity contribution in [3.63, 3.8) is 0 Å². The second-order valence-electron chi connectivity index (χ2n) is 6.19. The highest BCUT2D eigenvalue weighted by atomic mass is 19.1. The molecule has 0 unspecified atom stereocenters. The van der Waals surface area contributed by atoms with Gasteiger partial charge in [0.1, 0.15) is 5.82 Å². The lowest BCUT2D eigenvalue weighted by Crippen LogP contribution is -2.45. The highest BCUT2D eigenvalue weighted by Crippen LogP contribution is 2.28. The van der Waals surface area contributed by atoms with Gasteiger partial charge >= 0.3 is 6.03 Å². The van der Waals surface area contributed by atoms with Gasteiger partial charge in [-0.15, -0.1) is 0 Å². The Bertz CT molecular complexity index is 588. The number of urea groups is 1. The highest BCUT2D eigenvalue weighted by molar-refractivity contribution is 5.93. The second-order valence-corrected chi connectivity index (χ2v) is 6.19. The zero-order valence-corrected chi connectivity index (χ0v) is 13.4. The summed E-state index contributed by atoms with van der Waals surface area (Å²) in [4.78, 5) is 16.6. The predicted molar refractivity (Wildman–Crippen MR) is 90.4 cm³/mol. The summed E-state index contributed by atoms with van der Waals surface area (Å²) in [5, 5.41) is 5.74. The van der Waals surface area contributed by atoms with Crippen molar-refractivity contribution in [1.82, 2.24) is 10.2 Å². The van der Waals surface area contributed by atoms with Crippen LogP contribution in [-0.4, -0.2) is 50.2 Å². The van der Waals surface area contributed by atoms with Gasteiger partial charge in [-0.2, -0.15) is 0 Å². The SMILES string of the molecule is CN1CCN(c2ccc(F)cc2NC(=O)NC2CC=CC2)CC1. The molecule has 0 saturated carbocycles. The van der Waals surface area contributed by atoms with E-state index in [-0.39, 0.29) is 17.9 Å². The van der Waals surface area contributed by atoms with Crippen LogP contribution in [0.25, 0.3) is 0 Å². The summed E-state index contributed by atoms with van der Waals surface area (Å²) in [7, 11) is 2.09. The quantitative estimate of drug-likeness (QED) is 0.842. The van der Waals surface area contributed by atoms with E-state index in [1.165, 1.54) is 12.1 Å². The Balaban J connectivity index is 1.69. The number of halogens is 1. The van der Waals surface area contributed by atoms with Gasteiger partial charge in [0, 0.05) is 32.2 Å². The van der Waals surface area contributed by atoms with Crippen molar-refractivity contribution < 1.29 is 9.18 Å². The first-order chi connectivity index (χ1) is 11.1. The number of rotatable bonds is 3. The number of piperazine rings is 1. The Hall–Kier alpha value is -2.08. The van der Waals surface area contributed by atoms with E-state index in [9.17, 15) is 9.18 Å². The molecule has 2 N–H and O–H groups in total. The zero-order valence-electron chi connectivity index (χ0n) is 13.4. The van der Waals surface area contributed by atoms with Crippen molar-refractivity contribution in [1.29, 1.82) is 0 Å². The number of nitrogens with one attached hydrogen (secondary N) is 2. The Morgan fingerprint density at radius 1 is 1.17 bits per heavy atom. The second kappa shape index (κ2) is 7.00. The molecular weight excluding hydrogens is 295 g/mol. The lowest BCUT2D eigenvalue weighted by molar-refractivity contribution is 0.249. The fourth-order valence-corrected chi connectivity index (χ4v) is 3.01. The number of likely N-dealkylation sites (N-methyl/N-ethyl adjacent to an activating group) is 1. The molecule has 0 aromatic heterocycles. The Morgan fingerprint density at radius 3 is 2.57 bits per heavy atom. The number of amides is 2. The average Bonchev–Trinajstić information content (AvgIpc) is 3.01. The lowest BCUT2D eigenvalue weighted by Gasteiger charge is -2.35. The molecule has 1 aromatic carbocycles. The van der Waals surface area contributed by atoms with Gasteiger partial charge in [0.2, 0.25) is 0 Å². The maximum absolute atomic E-state index is 13.6. The molecular formula is C17H23FN4O. The van der Waals surface area contributed by atoms with E-state index in [0.717, 1.165) is 44.7 Å². The summed E-state index contributed by atoms with van der Waals surface area (Å²) >= 11 is 0. The van der Waals surface area contributed by atoms with Crippen LogP contribution in [0.2, 0.25) is 0 Å². The molecule has 1 heterocycles. The molecule has 124 valence electrons. The van der Waals surface area contributed by atoms with Crippen molar-refractivity contribution in [2.45, 2.75) is 18.9 Å². The smallest absolute Gasteiger partial charge is 0.319 e. The number of carbonyl (C=O) groups excluding carboxylic acids is 1. The van der Waals surface area contributed by atoms with Gasteiger partial charge in [0.15, 0.2) is 0 Å². The maximum atomic E-state index is 13.6. The van der Waals surface area contributed by atoms with Crippen LogP contribution in [0.3, 0.4) is 0 Å². The van der Waals surface area contributed by atoms with Gasteiger partial charge in [-0.3, -0.25) is 0 Å². The van der Waals surface area contributed by atoms with Crippen molar-refractivity contribution in [2.75, 3.05) is 43.4 Å². The number of anilines is 2. The average molecular weight is 318 g/mol. The molecule has 2 amide bonds. The molecule has 6 heteroatoms. The molecule has 23 heavy (non-hydrogen) atoms. The van der Waals surface area contributed by atoms with Gasteiger partial charge in [0.25, 0.3) is 0 Å². The number of hydrogen-bond donors (Lipinski definition) is 2. The summed E-state index contributed by atoms with van der Waals surface area (Å²) in [5.74, 6) is -0.347. The number of carbonyl (C=O) groups is 1. The standard InChI is InChI=1S/C17H23FN4O/c1-21-8-10-22(11-9-21)16-7-6-13(18)12-15(16)20-17(23)19-14-4-2-3-5-14/h2-3,6-7,12,14H,4-5,8-11H2,1H3,(H2,19,20,23). The van der Waals surface area contributed by atoms with Crippen LogP contribution in [0.15, 0.2) is 30.4 Å². The van der Waals surface area contributed by atoms with Crippen LogP contribution in [0.5, 0.6) is 0 Å². The van der Waals surface area contributed by atoms with Gasteiger partial charge in [-0.25, -0.2) is 9.18 Å². The minimum atomic E-state index is -0.347. The van der Waals surface area contributed by atoms with Crippen LogP contribution in [0, 0.1) is 5.82 Å². The summed E-state index contributed by atoms with van der Waals surface area (Å²) < 4.78 is 13.6. The Morgan fingerprint density at radius 2 is 1.87 bits per heavy atom. The van der Waals surface area contributed by atoms with Gasteiger partial charge < -0.3 is 20.4 Å². The van der Waals surface area contributed by atoms with E-state index in [4.69, 9.17) is 0 Å². The minimum Gasteiger partial charge on any atom is -0.367 e. The molecule has 1 aliphatic carbocycles.